The van der Waals surface area contributed by atoms with E-state index in [2.05, 4.69) is 0 Å². The number of amides is 1. The number of carbonyl (C=O) groups is 2. The lowest BCUT2D eigenvalue weighted by molar-refractivity contribution is -0.145. The molecule has 1 N–H and O–H groups in total. The molecule has 0 saturated carbocycles. The summed E-state index contributed by atoms with van der Waals surface area (Å²) in [6.45, 7) is 6.36. The van der Waals surface area contributed by atoms with Gasteiger partial charge in [-0.2, -0.15) is 0 Å². The first kappa shape index (κ1) is 19.2. The molecule has 0 radical (unpaired) electrons. The minimum Gasteiger partial charge on any atom is -0.481 e. The number of aliphatic carboxylic acids is 1. The maximum atomic E-state index is 12.8. The van der Waals surface area contributed by atoms with Crippen LogP contribution in [0.5, 0.6) is 0 Å². The second-order valence-corrected chi connectivity index (χ2v) is 7.81. The van der Waals surface area contributed by atoms with Gasteiger partial charge in [-0.05, 0) is 50.8 Å². The highest BCUT2D eigenvalue weighted by Gasteiger charge is 2.29. The molecule has 29 heavy (non-hydrogen) atoms. The first-order valence-corrected chi connectivity index (χ1v) is 9.73. The number of carboxylic acid groups (broad SMARTS) is 1. The topological polar surface area (TPSA) is 101 Å². The Morgan fingerprint density at radius 3 is 2.52 bits per heavy atom. The lowest BCUT2D eigenvalue weighted by atomic mass is 9.97. The van der Waals surface area contributed by atoms with Crippen LogP contribution in [-0.2, 0) is 16.0 Å². The number of carbonyl (C=O) groups excluding carboxylic acids is 1. The van der Waals surface area contributed by atoms with Gasteiger partial charge in [0.15, 0.2) is 0 Å². The number of piperidine rings is 1. The number of benzene rings is 1. The van der Waals surface area contributed by atoms with E-state index in [-0.39, 0.29) is 18.9 Å². The van der Waals surface area contributed by atoms with Crippen LogP contribution in [0.25, 0.3) is 21.9 Å². The van der Waals surface area contributed by atoms with E-state index in [0.29, 0.717) is 41.7 Å². The van der Waals surface area contributed by atoms with Crippen LogP contribution in [0.1, 0.15) is 35.3 Å². The first-order chi connectivity index (χ1) is 13.8. The van der Waals surface area contributed by atoms with Crippen LogP contribution in [0.15, 0.2) is 25.8 Å². The third-order valence-electron chi connectivity index (χ3n) is 6.03. The number of nitrogens with zero attached hydrogens (tertiary/aromatic N) is 1. The number of furan rings is 1. The number of carboxylic acids is 1. The maximum absolute atomic E-state index is 12.8. The summed E-state index contributed by atoms with van der Waals surface area (Å²) < 4.78 is 11.2. The van der Waals surface area contributed by atoms with E-state index in [9.17, 15) is 19.5 Å². The monoisotopic (exact) mass is 397 g/mol. The molecule has 1 aliphatic heterocycles. The van der Waals surface area contributed by atoms with Gasteiger partial charge in [-0.1, -0.05) is 0 Å². The van der Waals surface area contributed by atoms with E-state index in [4.69, 9.17) is 8.83 Å². The van der Waals surface area contributed by atoms with Crippen LogP contribution in [-0.4, -0.2) is 35.0 Å². The van der Waals surface area contributed by atoms with Gasteiger partial charge >= 0.3 is 11.6 Å². The number of rotatable bonds is 3. The fourth-order valence-electron chi connectivity index (χ4n) is 4.10. The number of hydrogen-bond acceptors (Lipinski definition) is 5. The van der Waals surface area contributed by atoms with E-state index in [0.717, 1.165) is 22.1 Å². The highest BCUT2D eigenvalue weighted by atomic mass is 16.4. The molecule has 3 aromatic rings. The Hall–Kier alpha value is -3.09. The second kappa shape index (κ2) is 7.06. The van der Waals surface area contributed by atoms with Crippen molar-refractivity contribution in [1.29, 1.82) is 0 Å². The van der Waals surface area contributed by atoms with Crippen LogP contribution < -0.4 is 5.63 Å². The van der Waals surface area contributed by atoms with Crippen molar-refractivity contribution in [3.63, 3.8) is 0 Å². The van der Waals surface area contributed by atoms with E-state index < -0.39 is 17.5 Å². The molecule has 1 amide bonds. The van der Waals surface area contributed by atoms with E-state index in [1.165, 1.54) is 4.90 Å². The lowest BCUT2D eigenvalue weighted by Gasteiger charge is -2.30. The molecule has 2 aromatic heterocycles. The van der Waals surface area contributed by atoms with Crippen LogP contribution in [0.3, 0.4) is 0 Å². The summed E-state index contributed by atoms with van der Waals surface area (Å²) >= 11 is 0. The number of aryl methyl sites for hydroxylation is 3. The Bertz CT molecular complexity index is 1200. The largest absolute Gasteiger partial charge is 0.481 e. The third kappa shape index (κ3) is 3.30. The molecule has 7 nitrogen and oxygen atoms in total. The van der Waals surface area contributed by atoms with Crippen molar-refractivity contribution in [3.05, 3.63) is 45.0 Å². The fraction of sp³-hybridized carbons (Fsp3) is 0.409. The summed E-state index contributed by atoms with van der Waals surface area (Å²) in [5.74, 6) is -0.882. The minimum absolute atomic E-state index is 0.0993. The fourth-order valence-corrected chi connectivity index (χ4v) is 4.10. The molecule has 1 atom stereocenters. The van der Waals surface area contributed by atoms with Gasteiger partial charge in [0.25, 0.3) is 0 Å². The van der Waals surface area contributed by atoms with Crippen molar-refractivity contribution in [2.45, 2.75) is 40.0 Å². The molecule has 1 saturated heterocycles. The molecule has 0 aliphatic carbocycles. The quantitative estimate of drug-likeness (QED) is 0.681. The van der Waals surface area contributed by atoms with Crippen molar-refractivity contribution in [3.8, 4) is 0 Å². The van der Waals surface area contributed by atoms with Gasteiger partial charge in [-0.25, -0.2) is 4.79 Å². The standard InChI is InChI=1S/C22H23NO6/c1-11-13(3)28-18-9-19-16(7-15(11)18)12(2)17(22(27)29-19)8-20(24)23-6-4-5-14(10-23)21(25)26/h7,9,14H,4-6,8,10H2,1-3H3,(H,25,26)/t14-/m0/s1. The highest BCUT2D eigenvalue weighted by molar-refractivity contribution is 5.97. The molecule has 0 unspecified atom stereocenters. The molecule has 1 fully saturated rings. The second-order valence-electron chi connectivity index (χ2n) is 7.81. The molecule has 0 spiro atoms. The normalized spacial score (nSPS) is 17.2. The summed E-state index contributed by atoms with van der Waals surface area (Å²) in [6, 6.07) is 3.65. The highest BCUT2D eigenvalue weighted by Crippen LogP contribution is 2.31. The maximum Gasteiger partial charge on any atom is 0.340 e. The van der Waals surface area contributed by atoms with Gasteiger partial charge in [0.1, 0.15) is 16.9 Å². The minimum atomic E-state index is -0.890. The molecule has 4 rings (SSSR count). The van der Waals surface area contributed by atoms with E-state index in [1.54, 1.807) is 6.07 Å². The number of hydrogen-bond donors (Lipinski definition) is 1. The van der Waals surface area contributed by atoms with Crippen molar-refractivity contribution >= 4 is 33.8 Å². The third-order valence-corrected chi connectivity index (χ3v) is 6.03. The molecular formula is C22H23NO6. The average molecular weight is 397 g/mol. The number of fused-ring (bicyclic) bond motifs is 2. The average Bonchev–Trinajstić information content (AvgIpc) is 2.97. The van der Waals surface area contributed by atoms with Gasteiger partial charge in [0.2, 0.25) is 5.91 Å². The van der Waals surface area contributed by atoms with Crippen LogP contribution in [0.4, 0.5) is 0 Å². The van der Waals surface area contributed by atoms with Gasteiger partial charge in [0, 0.05) is 29.9 Å². The van der Waals surface area contributed by atoms with Crippen molar-refractivity contribution in [2.75, 3.05) is 13.1 Å². The number of likely N-dealkylation sites (tertiary alicyclic amines) is 1. The Morgan fingerprint density at radius 2 is 1.79 bits per heavy atom. The zero-order chi connectivity index (χ0) is 20.9. The summed E-state index contributed by atoms with van der Waals surface area (Å²) in [7, 11) is 0. The molecule has 1 aliphatic rings. The molecule has 3 heterocycles. The van der Waals surface area contributed by atoms with Crippen LogP contribution in [0.2, 0.25) is 0 Å². The Labute approximate surface area is 166 Å². The van der Waals surface area contributed by atoms with Crippen LogP contribution >= 0.6 is 0 Å². The van der Waals surface area contributed by atoms with Gasteiger partial charge in [-0.15, -0.1) is 0 Å². The van der Waals surface area contributed by atoms with Crippen molar-refractivity contribution in [2.24, 2.45) is 5.92 Å². The van der Waals surface area contributed by atoms with Crippen LogP contribution in [0, 0.1) is 26.7 Å². The van der Waals surface area contributed by atoms with E-state index in [1.807, 2.05) is 26.8 Å². The predicted molar refractivity (Wildman–Crippen MR) is 107 cm³/mol. The van der Waals surface area contributed by atoms with Gasteiger partial charge < -0.3 is 18.8 Å². The summed E-state index contributed by atoms with van der Waals surface area (Å²) in [5, 5.41) is 11.0. The van der Waals surface area contributed by atoms with Crippen molar-refractivity contribution in [1.82, 2.24) is 4.90 Å². The summed E-state index contributed by atoms with van der Waals surface area (Å²) in [4.78, 5) is 38.2. The van der Waals surface area contributed by atoms with Crippen molar-refractivity contribution < 1.29 is 23.5 Å². The zero-order valence-electron chi connectivity index (χ0n) is 16.7. The SMILES string of the molecule is Cc1oc2cc3oc(=O)c(CC(=O)N4CCC[C@H](C(=O)O)C4)c(C)c3cc2c1C. The Morgan fingerprint density at radius 1 is 1.10 bits per heavy atom. The molecule has 1 aromatic carbocycles. The molecule has 7 heteroatoms. The summed E-state index contributed by atoms with van der Waals surface area (Å²) in [5.41, 5.74) is 2.59. The van der Waals surface area contributed by atoms with Gasteiger partial charge in [-0.3, -0.25) is 9.59 Å². The predicted octanol–water partition coefficient (Wildman–Crippen LogP) is 3.33. The van der Waals surface area contributed by atoms with E-state index >= 15 is 0 Å². The lowest BCUT2D eigenvalue weighted by Crippen LogP contribution is -2.43. The molecule has 0 bridgehead atoms. The summed E-state index contributed by atoms with van der Waals surface area (Å²) in [6.07, 6.45) is 1.11. The Kier molecular flexibility index (Phi) is 4.68. The molecule has 152 valence electrons. The zero-order valence-corrected chi connectivity index (χ0v) is 16.7. The smallest absolute Gasteiger partial charge is 0.340 e. The Balaban J connectivity index is 1.71. The van der Waals surface area contributed by atoms with Gasteiger partial charge in [0.05, 0.1) is 17.9 Å². The molecular weight excluding hydrogens is 374 g/mol. The first-order valence-electron chi connectivity index (χ1n) is 9.73.